The number of halogens is 1. The summed E-state index contributed by atoms with van der Waals surface area (Å²) >= 11 is 5.89. The first-order chi connectivity index (χ1) is 9.29. The molecule has 0 unspecified atom stereocenters. The lowest BCUT2D eigenvalue weighted by Crippen LogP contribution is -1.99. The molecule has 0 saturated heterocycles. The Morgan fingerprint density at radius 3 is 2.79 bits per heavy atom. The molecule has 0 atom stereocenters. The number of nitrogens with zero attached hydrogens (tertiary/aromatic N) is 4. The predicted octanol–water partition coefficient (Wildman–Crippen LogP) is 3.10. The quantitative estimate of drug-likeness (QED) is 0.602. The summed E-state index contributed by atoms with van der Waals surface area (Å²) in [7, 11) is 0. The SMILES string of the molecule is CCCCO/C(=C\n1ncnn1)c1ccc(Cl)cc1. The van der Waals surface area contributed by atoms with E-state index < -0.39 is 0 Å². The van der Waals surface area contributed by atoms with Gasteiger partial charge >= 0.3 is 0 Å². The number of benzene rings is 1. The molecule has 0 aliphatic heterocycles. The summed E-state index contributed by atoms with van der Waals surface area (Å²) < 4.78 is 5.77. The largest absolute Gasteiger partial charge is 0.491 e. The summed E-state index contributed by atoms with van der Waals surface area (Å²) in [5.41, 5.74) is 0.929. The molecule has 0 aliphatic carbocycles. The van der Waals surface area contributed by atoms with Crippen LogP contribution in [0.25, 0.3) is 12.0 Å². The van der Waals surface area contributed by atoms with Gasteiger partial charge in [-0.15, -0.1) is 15.0 Å². The minimum Gasteiger partial charge on any atom is -0.491 e. The van der Waals surface area contributed by atoms with Crippen LogP contribution in [0.4, 0.5) is 0 Å². The Hall–Kier alpha value is -1.88. The molecule has 0 saturated carbocycles. The third-order valence-corrected chi connectivity index (χ3v) is 2.73. The molecule has 1 aromatic heterocycles. The molecule has 5 nitrogen and oxygen atoms in total. The summed E-state index contributed by atoms with van der Waals surface area (Å²) in [4.78, 5) is 1.37. The number of unbranched alkanes of at least 4 members (excludes halogenated alkanes) is 1. The van der Waals surface area contributed by atoms with Crippen LogP contribution in [0.1, 0.15) is 25.3 Å². The topological polar surface area (TPSA) is 52.8 Å². The highest BCUT2D eigenvalue weighted by molar-refractivity contribution is 6.30. The van der Waals surface area contributed by atoms with Crippen molar-refractivity contribution in [1.29, 1.82) is 0 Å². The van der Waals surface area contributed by atoms with Crippen molar-refractivity contribution in [2.24, 2.45) is 0 Å². The van der Waals surface area contributed by atoms with Gasteiger partial charge in [-0.05, 0) is 35.9 Å². The van der Waals surface area contributed by atoms with E-state index in [2.05, 4.69) is 22.3 Å². The van der Waals surface area contributed by atoms with Crippen LogP contribution in [0.2, 0.25) is 5.02 Å². The summed E-state index contributed by atoms with van der Waals surface area (Å²) in [5, 5.41) is 12.1. The minimum absolute atomic E-state index is 0.652. The predicted molar refractivity (Wildman–Crippen MR) is 74.3 cm³/mol. The average Bonchev–Trinajstić information content (AvgIpc) is 2.92. The summed E-state index contributed by atoms with van der Waals surface area (Å²) in [6.07, 6.45) is 5.15. The van der Waals surface area contributed by atoms with Crippen LogP contribution in [0.5, 0.6) is 0 Å². The number of aromatic nitrogens is 4. The fourth-order valence-electron chi connectivity index (χ4n) is 1.47. The van der Waals surface area contributed by atoms with Crippen LogP contribution in [0.3, 0.4) is 0 Å². The van der Waals surface area contributed by atoms with Crippen molar-refractivity contribution in [2.45, 2.75) is 19.8 Å². The van der Waals surface area contributed by atoms with Gasteiger partial charge in [0.05, 0.1) is 12.8 Å². The van der Waals surface area contributed by atoms with Gasteiger partial charge < -0.3 is 4.74 Å². The Bertz CT molecular complexity index is 522. The lowest BCUT2D eigenvalue weighted by Gasteiger charge is -2.10. The van der Waals surface area contributed by atoms with Gasteiger partial charge in [-0.3, -0.25) is 0 Å². The molecule has 0 bridgehead atoms. The zero-order valence-corrected chi connectivity index (χ0v) is 11.4. The van der Waals surface area contributed by atoms with Gasteiger partial charge in [0.2, 0.25) is 0 Å². The molecule has 2 rings (SSSR count). The van der Waals surface area contributed by atoms with Gasteiger partial charge in [-0.2, -0.15) is 0 Å². The van der Waals surface area contributed by atoms with Crippen LogP contribution in [-0.2, 0) is 4.74 Å². The molecule has 6 heteroatoms. The Kier molecular flexibility index (Phi) is 4.92. The first-order valence-corrected chi connectivity index (χ1v) is 6.50. The summed E-state index contributed by atoms with van der Waals surface area (Å²) in [6, 6.07) is 7.44. The second kappa shape index (κ2) is 6.89. The highest BCUT2D eigenvalue weighted by Gasteiger charge is 2.04. The van der Waals surface area contributed by atoms with Gasteiger partial charge in [-0.25, -0.2) is 0 Å². The highest BCUT2D eigenvalue weighted by atomic mass is 35.5. The van der Waals surface area contributed by atoms with Crippen molar-refractivity contribution < 1.29 is 4.74 Å². The fourth-order valence-corrected chi connectivity index (χ4v) is 1.60. The molecular weight excluding hydrogens is 264 g/mol. The van der Waals surface area contributed by atoms with E-state index in [1.165, 1.54) is 11.1 Å². The maximum absolute atomic E-state index is 5.89. The van der Waals surface area contributed by atoms with E-state index in [1.807, 2.05) is 24.3 Å². The molecular formula is C13H15ClN4O. The molecule has 100 valence electrons. The first kappa shape index (κ1) is 13.5. The molecule has 0 aliphatic rings. The van der Waals surface area contributed by atoms with Crippen molar-refractivity contribution >= 4 is 23.6 Å². The molecule has 1 aromatic carbocycles. The normalized spacial score (nSPS) is 11.6. The Labute approximate surface area is 116 Å². The molecule has 0 radical (unpaired) electrons. The van der Waals surface area contributed by atoms with E-state index in [9.17, 15) is 0 Å². The maximum atomic E-state index is 5.89. The van der Waals surface area contributed by atoms with E-state index >= 15 is 0 Å². The lowest BCUT2D eigenvalue weighted by molar-refractivity contribution is 0.271. The number of rotatable bonds is 6. The van der Waals surface area contributed by atoms with E-state index in [0.29, 0.717) is 17.4 Å². The van der Waals surface area contributed by atoms with Gasteiger partial charge in [0.25, 0.3) is 0 Å². The molecule has 1 heterocycles. The van der Waals surface area contributed by atoms with E-state index in [1.54, 1.807) is 6.20 Å². The number of ether oxygens (including phenoxy) is 1. The summed E-state index contributed by atoms with van der Waals surface area (Å²) in [6.45, 7) is 2.77. The second-order valence-corrected chi connectivity index (χ2v) is 4.39. The van der Waals surface area contributed by atoms with Crippen molar-refractivity contribution in [2.75, 3.05) is 6.61 Å². The Morgan fingerprint density at radius 1 is 1.37 bits per heavy atom. The third-order valence-electron chi connectivity index (χ3n) is 2.48. The van der Waals surface area contributed by atoms with Gasteiger partial charge in [0.15, 0.2) is 6.33 Å². The monoisotopic (exact) mass is 278 g/mol. The Morgan fingerprint density at radius 2 is 2.16 bits per heavy atom. The maximum Gasteiger partial charge on any atom is 0.162 e. The molecule has 0 amide bonds. The van der Waals surface area contributed by atoms with Crippen molar-refractivity contribution in [3.05, 3.63) is 41.2 Å². The van der Waals surface area contributed by atoms with Crippen LogP contribution >= 0.6 is 11.6 Å². The van der Waals surface area contributed by atoms with Crippen molar-refractivity contribution in [3.8, 4) is 0 Å². The zero-order chi connectivity index (χ0) is 13.5. The van der Waals surface area contributed by atoms with Crippen LogP contribution in [0, 0.1) is 0 Å². The van der Waals surface area contributed by atoms with Gasteiger partial charge in [0, 0.05) is 10.6 Å². The summed E-state index contributed by atoms with van der Waals surface area (Å²) in [5.74, 6) is 0.697. The lowest BCUT2D eigenvalue weighted by atomic mass is 10.2. The van der Waals surface area contributed by atoms with Crippen LogP contribution in [-0.4, -0.2) is 26.8 Å². The van der Waals surface area contributed by atoms with E-state index in [4.69, 9.17) is 16.3 Å². The van der Waals surface area contributed by atoms with Gasteiger partial charge in [0.1, 0.15) is 5.76 Å². The van der Waals surface area contributed by atoms with Crippen molar-refractivity contribution in [3.63, 3.8) is 0 Å². The van der Waals surface area contributed by atoms with Crippen molar-refractivity contribution in [1.82, 2.24) is 20.2 Å². The molecule has 0 N–H and O–H groups in total. The zero-order valence-electron chi connectivity index (χ0n) is 10.7. The van der Waals surface area contributed by atoms with E-state index in [0.717, 1.165) is 18.4 Å². The highest BCUT2D eigenvalue weighted by Crippen LogP contribution is 2.19. The number of tetrazole rings is 1. The molecule has 0 fully saturated rings. The minimum atomic E-state index is 0.652. The van der Waals surface area contributed by atoms with Crippen LogP contribution in [0.15, 0.2) is 30.6 Å². The smallest absolute Gasteiger partial charge is 0.162 e. The number of hydrogen-bond donors (Lipinski definition) is 0. The number of hydrogen-bond acceptors (Lipinski definition) is 4. The van der Waals surface area contributed by atoms with E-state index in [-0.39, 0.29) is 0 Å². The third kappa shape index (κ3) is 4.06. The molecule has 2 aromatic rings. The second-order valence-electron chi connectivity index (χ2n) is 3.96. The fraction of sp³-hybridized carbons (Fsp3) is 0.308. The first-order valence-electron chi connectivity index (χ1n) is 6.12. The Balaban J connectivity index is 2.20. The standard InChI is InChI=1S/C13H15ClN4O/c1-2-3-8-19-13(9-18-16-10-15-17-18)11-4-6-12(14)7-5-11/h4-7,9-10H,2-3,8H2,1H3/b13-9-. The average molecular weight is 279 g/mol. The van der Waals surface area contributed by atoms with Gasteiger partial charge in [-0.1, -0.05) is 24.9 Å². The molecule has 19 heavy (non-hydrogen) atoms. The molecule has 0 spiro atoms. The van der Waals surface area contributed by atoms with Crippen LogP contribution < -0.4 is 0 Å².